The number of carbonyl (C=O) groups excluding carboxylic acids is 1. The molecule has 1 amide bonds. The molecule has 6 nitrogen and oxygen atoms in total. The van der Waals surface area contributed by atoms with Crippen LogP contribution in [-0.2, 0) is 4.74 Å². The van der Waals surface area contributed by atoms with Crippen LogP contribution in [0.25, 0.3) is 5.65 Å². The summed E-state index contributed by atoms with van der Waals surface area (Å²) in [5.41, 5.74) is 1.09. The number of pyridine rings is 1. The fourth-order valence-corrected chi connectivity index (χ4v) is 1.84. The zero-order chi connectivity index (χ0) is 13.7. The van der Waals surface area contributed by atoms with E-state index in [1.807, 2.05) is 24.4 Å². The second kappa shape index (κ2) is 6.31. The lowest BCUT2D eigenvalue weighted by Crippen LogP contribution is -2.36. The van der Waals surface area contributed by atoms with Crippen LogP contribution in [0, 0.1) is 0 Å². The van der Waals surface area contributed by atoms with Gasteiger partial charge >= 0.3 is 0 Å². The Morgan fingerprint density at radius 2 is 2.32 bits per heavy atom. The highest BCUT2D eigenvalue weighted by molar-refractivity contribution is 5.92. The van der Waals surface area contributed by atoms with E-state index in [9.17, 15) is 4.79 Å². The fraction of sp³-hybridized carbons (Fsp3) is 0.385. The molecule has 0 aliphatic heterocycles. The van der Waals surface area contributed by atoms with Crippen molar-refractivity contribution in [1.82, 2.24) is 14.3 Å². The van der Waals surface area contributed by atoms with E-state index in [0.29, 0.717) is 18.8 Å². The Labute approximate surface area is 111 Å². The van der Waals surface area contributed by atoms with Gasteiger partial charge in [0.25, 0.3) is 5.91 Å². The first-order valence-electron chi connectivity index (χ1n) is 6.09. The maximum atomic E-state index is 12.3. The first-order chi connectivity index (χ1) is 9.26. The number of aromatic nitrogens is 2. The number of aliphatic hydroxyl groups is 1. The molecule has 2 heterocycles. The van der Waals surface area contributed by atoms with Gasteiger partial charge in [0.05, 0.1) is 13.2 Å². The predicted molar refractivity (Wildman–Crippen MR) is 70.1 cm³/mol. The summed E-state index contributed by atoms with van der Waals surface area (Å²) in [4.78, 5) is 18.1. The Hall–Kier alpha value is -1.92. The SMILES string of the molecule is COCCN(CCO)C(=O)c1cn2ccccc2n1. The first-order valence-corrected chi connectivity index (χ1v) is 6.09. The standard InChI is InChI=1S/C13H17N3O3/c1-19-9-7-15(6-8-17)13(18)11-10-16-5-3-2-4-12(16)14-11/h2-5,10,17H,6-9H2,1H3. The summed E-state index contributed by atoms with van der Waals surface area (Å²) in [6, 6.07) is 5.58. The number of fused-ring (bicyclic) bond motifs is 1. The Bertz CT molecular complexity index is 520. The smallest absolute Gasteiger partial charge is 0.274 e. The van der Waals surface area contributed by atoms with E-state index in [-0.39, 0.29) is 19.1 Å². The highest BCUT2D eigenvalue weighted by Crippen LogP contribution is 2.07. The summed E-state index contributed by atoms with van der Waals surface area (Å²) in [7, 11) is 1.58. The molecule has 0 radical (unpaired) electrons. The summed E-state index contributed by atoms with van der Waals surface area (Å²) in [6.45, 7) is 1.06. The van der Waals surface area contributed by atoms with Crippen molar-refractivity contribution in [3.63, 3.8) is 0 Å². The lowest BCUT2D eigenvalue weighted by Gasteiger charge is -2.19. The van der Waals surface area contributed by atoms with Crippen LogP contribution in [-0.4, -0.2) is 58.7 Å². The summed E-state index contributed by atoms with van der Waals surface area (Å²) >= 11 is 0. The second-order valence-electron chi connectivity index (χ2n) is 4.10. The molecule has 0 spiro atoms. The third-order valence-electron chi connectivity index (χ3n) is 2.81. The van der Waals surface area contributed by atoms with Crippen molar-refractivity contribution in [2.24, 2.45) is 0 Å². The first kappa shape index (κ1) is 13.5. The van der Waals surface area contributed by atoms with Crippen LogP contribution < -0.4 is 0 Å². The van der Waals surface area contributed by atoms with E-state index in [0.717, 1.165) is 5.65 Å². The van der Waals surface area contributed by atoms with Gasteiger partial charge < -0.3 is 19.1 Å². The van der Waals surface area contributed by atoms with Gasteiger partial charge in [-0.25, -0.2) is 4.98 Å². The average molecular weight is 263 g/mol. The molecule has 6 heteroatoms. The van der Waals surface area contributed by atoms with Crippen LogP contribution in [0.15, 0.2) is 30.6 Å². The Morgan fingerprint density at radius 3 is 3.00 bits per heavy atom. The van der Waals surface area contributed by atoms with Gasteiger partial charge in [-0.2, -0.15) is 0 Å². The molecule has 0 bridgehead atoms. The molecule has 0 aliphatic rings. The minimum Gasteiger partial charge on any atom is -0.395 e. The molecule has 2 aromatic heterocycles. The number of hydrogen-bond donors (Lipinski definition) is 1. The monoisotopic (exact) mass is 263 g/mol. The van der Waals surface area contributed by atoms with E-state index in [1.165, 1.54) is 4.90 Å². The maximum absolute atomic E-state index is 12.3. The van der Waals surface area contributed by atoms with E-state index in [4.69, 9.17) is 9.84 Å². The largest absolute Gasteiger partial charge is 0.395 e. The van der Waals surface area contributed by atoms with Gasteiger partial charge in [0.2, 0.25) is 0 Å². The third-order valence-corrected chi connectivity index (χ3v) is 2.81. The molecular weight excluding hydrogens is 246 g/mol. The Kier molecular flexibility index (Phi) is 4.48. The van der Waals surface area contributed by atoms with Gasteiger partial charge in [-0.3, -0.25) is 4.79 Å². The van der Waals surface area contributed by atoms with Crippen LogP contribution in [0.1, 0.15) is 10.5 Å². The van der Waals surface area contributed by atoms with E-state index < -0.39 is 0 Å². The molecule has 19 heavy (non-hydrogen) atoms. The van der Waals surface area contributed by atoms with Crippen molar-refractivity contribution >= 4 is 11.6 Å². The molecule has 2 rings (SSSR count). The molecule has 2 aromatic rings. The molecule has 0 aromatic carbocycles. The Morgan fingerprint density at radius 1 is 1.47 bits per heavy atom. The fourth-order valence-electron chi connectivity index (χ4n) is 1.84. The van der Waals surface area contributed by atoms with E-state index >= 15 is 0 Å². The molecule has 0 fully saturated rings. The predicted octanol–water partition coefficient (Wildman–Crippen LogP) is 0.415. The quantitative estimate of drug-likeness (QED) is 0.820. The van der Waals surface area contributed by atoms with Gasteiger partial charge in [0.1, 0.15) is 11.3 Å². The molecule has 0 saturated heterocycles. The van der Waals surface area contributed by atoms with Crippen LogP contribution in [0.2, 0.25) is 0 Å². The van der Waals surface area contributed by atoms with Crippen molar-refractivity contribution < 1.29 is 14.6 Å². The molecule has 0 saturated carbocycles. The number of ether oxygens (including phenoxy) is 1. The molecule has 0 unspecified atom stereocenters. The normalized spacial score (nSPS) is 10.8. The molecule has 0 atom stereocenters. The topological polar surface area (TPSA) is 67.1 Å². The third kappa shape index (κ3) is 3.10. The van der Waals surface area contributed by atoms with Crippen LogP contribution in [0.4, 0.5) is 0 Å². The number of rotatable bonds is 6. The molecule has 0 aliphatic carbocycles. The number of imidazole rings is 1. The zero-order valence-electron chi connectivity index (χ0n) is 10.8. The van der Waals surface area contributed by atoms with Crippen LogP contribution in [0.5, 0.6) is 0 Å². The second-order valence-corrected chi connectivity index (χ2v) is 4.10. The highest BCUT2D eigenvalue weighted by Gasteiger charge is 2.18. The number of carbonyl (C=O) groups is 1. The number of methoxy groups -OCH3 is 1. The van der Waals surface area contributed by atoms with Gasteiger partial charge in [0.15, 0.2) is 0 Å². The highest BCUT2D eigenvalue weighted by atomic mass is 16.5. The summed E-state index contributed by atoms with van der Waals surface area (Å²) in [5.74, 6) is -0.199. The van der Waals surface area contributed by atoms with Gasteiger partial charge in [-0.15, -0.1) is 0 Å². The Balaban J connectivity index is 2.19. The van der Waals surface area contributed by atoms with E-state index in [1.54, 1.807) is 17.7 Å². The zero-order valence-corrected chi connectivity index (χ0v) is 10.8. The van der Waals surface area contributed by atoms with Crippen molar-refractivity contribution in [1.29, 1.82) is 0 Å². The molecule has 102 valence electrons. The lowest BCUT2D eigenvalue weighted by atomic mass is 10.3. The molecule has 1 N–H and O–H groups in total. The van der Waals surface area contributed by atoms with Crippen LogP contribution >= 0.6 is 0 Å². The summed E-state index contributed by atoms with van der Waals surface area (Å²) in [6.07, 6.45) is 3.53. The average Bonchev–Trinajstić information content (AvgIpc) is 2.86. The minimum absolute atomic E-state index is 0.0805. The van der Waals surface area contributed by atoms with Gasteiger partial charge in [0, 0.05) is 32.6 Å². The van der Waals surface area contributed by atoms with Gasteiger partial charge in [-0.1, -0.05) is 6.07 Å². The van der Waals surface area contributed by atoms with E-state index in [2.05, 4.69) is 4.98 Å². The summed E-state index contributed by atoms with van der Waals surface area (Å²) in [5, 5.41) is 9.01. The van der Waals surface area contributed by atoms with Crippen molar-refractivity contribution in [3.8, 4) is 0 Å². The van der Waals surface area contributed by atoms with Crippen molar-refractivity contribution in [2.75, 3.05) is 33.4 Å². The number of hydrogen-bond acceptors (Lipinski definition) is 4. The van der Waals surface area contributed by atoms with Crippen molar-refractivity contribution in [2.45, 2.75) is 0 Å². The maximum Gasteiger partial charge on any atom is 0.274 e. The lowest BCUT2D eigenvalue weighted by molar-refractivity contribution is 0.0651. The molecular formula is C13H17N3O3. The minimum atomic E-state index is -0.199. The number of aliphatic hydroxyl groups excluding tert-OH is 1. The number of amides is 1. The number of nitrogens with zero attached hydrogens (tertiary/aromatic N) is 3. The summed E-state index contributed by atoms with van der Waals surface area (Å²) < 4.78 is 6.75. The van der Waals surface area contributed by atoms with Gasteiger partial charge in [-0.05, 0) is 12.1 Å². The van der Waals surface area contributed by atoms with Crippen LogP contribution in [0.3, 0.4) is 0 Å². The van der Waals surface area contributed by atoms with Crippen molar-refractivity contribution in [3.05, 3.63) is 36.3 Å².